The Morgan fingerprint density at radius 2 is 2.55 bits per heavy atom. The number of carbonyl (C=O) groups excluding carboxylic acids is 1. The summed E-state index contributed by atoms with van der Waals surface area (Å²) in [6, 6.07) is 0.0787. The summed E-state index contributed by atoms with van der Waals surface area (Å²) in [6.45, 7) is 2.08. The molecule has 2 aromatic rings. The second-order valence-electron chi connectivity index (χ2n) is 4.66. The van der Waals surface area contributed by atoms with E-state index >= 15 is 0 Å². The molecule has 0 aromatic carbocycles. The molecule has 106 valence electrons. The van der Waals surface area contributed by atoms with Crippen LogP contribution in [0.25, 0.3) is 0 Å². The number of hydrogen-bond acceptors (Lipinski definition) is 6. The predicted molar refractivity (Wildman–Crippen MR) is 68.8 cm³/mol. The Kier molecular flexibility index (Phi) is 3.73. The molecule has 1 aliphatic heterocycles. The topological polar surface area (TPSA) is 97.9 Å². The van der Waals surface area contributed by atoms with Crippen molar-refractivity contribution in [3.8, 4) is 0 Å². The molecule has 8 heteroatoms. The van der Waals surface area contributed by atoms with E-state index in [1.807, 2.05) is 10.8 Å². The molecule has 0 spiro atoms. The van der Waals surface area contributed by atoms with Crippen LogP contribution in [-0.4, -0.2) is 38.7 Å². The molecule has 1 fully saturated rings. The number of nitrogens with one attached hydrogen (secondary N) is 2. The van der Waals surface area contributed by atoms with Gasteiger partial charge in [0.05, 0.1) is 12.4 Å². The van der Waals surface area contributed by atoms with Gasteiger partial charge in [-0.2, -0.15) is 4.98 Å². The fourth-order valence-electron chi connectivity index (χ4n) is 2.16. The number of hydrogen-bond donors (Lipinski definition) is 2. The molecule has 0 bridgehead atoms. The van der Waals surface area contributed by atoms with Gasteiger partial charge in [0.25, 0.3) is 11.7 Å². The van der Waals surface area contributed by atoms with Crippen molar-refractivity contribution in [1.29, 1.82) is 0 Å². The van der Waals surface area contributed by atoms with E-state index < -0.39 is 0 Å². The van der Waals surface area contributed by atoms with Gasteiger partial charge in [0, 0.05) is 25.5 Å². The molecule has 1 atom stereocenters. The fourth-order valence-corrected chi connectivity index (χ4v) is 2.16. The Bertz CT molecular complexity index is 558. The summed E-state index contributed by atoms with van der Waals surface area (Å²) in [5, 5.41) is 9.72. The predicted octanol–water partition coefficient (Wildman–Crippen LogP) is 0.121. The van der Waals surface area contributed by atoms with Crippen molar-refractivity contribution in [2.45, 2.75) is 25.4 Å². The second-order valence-corrected chi connectivity index (χ2v) is 4.66. The standard InChI is InChI=1S/C12H16N6O2/c19-11(15-5-7-18-6-4-13-8-18)10-16-12(20-17-10)9-2-1-3-14-9/h4,6,8-9,14H,1-3,5,7H2,(H,15,19). The van der Waals surface area contributed by atoms with Gasteiger partial charge in [0.15, 0.2) is 0 Å². The van der Waals surface area contributed by atoms with E-state index in [0.717, 1.165) is 19.4 Å². The zero-order valence-corrected chi connectivity index (χ0v) is 11.0. The molecule has 0 aliphatic carbocycles. The number of aromatic nitrogens is 4. The van der Waals surface area contributed by atoms with E-state index in [9.17, 15) is 4.79 Å². The Balaban J connectivity index is 1.51. The summed E-state index contributed by atoms with van der Waals surface area (Å²) in [5.74, 6) is 0.250. The molecule has 3 rings (SSSR count). The van der Waals surface area contributed by atoms with Gasteiger partial charge in [-0.15, -0.1) is 0 Å². The SMILES string of the molecule is O=C(NCCn1ccnc1)c1noc(C2CCCN2)n1. The first-order valence-electron chi connectivity index (χ1n) is 6.64. The number of carbonyl (C=O) groups is 1. The molecule has 2 aromatic heterocycles. The minimum absolute atomic E-state index is 0.0787. The molecule has 1 aliphatic rings. The number of rotatable bonds is 5. The van der Waals surface area contributed by atoms with Crippen molar-refractivity contribution in [2.24, 2.45) is 0 Å². The second kappa shape index (κ2) is 5.83. The molecule has 2 N–H and O–H groups in total. The smallest absolute Gasteiger partial charge is 0.292 e. The Morgan fingerprint density at radius 3 is 3.30 bits per heavy atom. The molecule has 1 saturated heterocycles. The van der Waals surface area contributed by atoms with Gasteiger partial charge in [-0.25, -0.2) is 4.98 Å². The maximum Gasteiger partial charge on any atom is 0.292 e. The highest BCUT2D eigenvalue weighted by atomic mass is 16.5. The van der Waals surface area contributed by atoms with E-state index in [2.05, 4.69) is 25.8 Å². The minimum atomic E-state index is -0.321. The van der Waals surface area contributed by atoms with Crippen LogP contribution in [0.1, 0.15) is 35.4 Å². The highest BCUT2D eigenvalue weighted by molar-refractivity contribution is 5.90. The zero-order chi connectivity index (χ0) is 13.8. The lowest BCUT2D eigenvalue weighted by Gasteiger charge is -2.03. The van der Waals surface area contributed by atoms with Crippen LogP contribution in [0.4, 0.5) is 0 Å². The van der Waals surface area contributed by atoms with Gasteiger partial charge in [-0.3, -0.25) is 4.79 Å². The van der Waals surface area contributed by atoms with Crippen molar-refractivity contribution in [2.75, 3.05) is 13.1 Å². The van der Waals surface area contributed by atoms with Crippen molar-refractivity contribution >= 4 is 5.91 Å². The monoisotopic (exact) mass is 276 g/mol. The third-order valence-corrected chi connectivity index (χ3v) is 3.22. The van der Waals surface area contributed by atoms with Gasteiger partial charge in [-0.1, -0.05) is 5.16 Å². The molecule has 1 unspecified atom stereocenters. The van der Waals surface area contributed by atoms with Crippen LogP contribution in [0.3, 0.4) is 0 Å². The summed E-state index contributed by atoms with van der Waals surface area (Å²) in [6.07, 6.45) is 7.28. The average molecular weight is 276 g/mol. The quantitative estimate of drug-likeness (QED) is 0.805. The summed E-state index contributed by atoms with van der Waals surface area (Å²) in [4.78, 5) is 19.9. The van der Waals surface area contributed by atoms with Gasteiger partial charge in [0.2, 0.25) is 5.89 Å². The van der Waals surface area contributed by atoms with Gasteiger partial charge in [0.1, 0.15) is 0 Å². The maximum atomic E-state index is 11.9. The van der Waals surface area contributed by atoms with Crippen molar-refractivity contribution in [3.63, 3.8) is 0 Å². The van der Waals surface area contributed by atoms with Crippen LogP contribution >= 0.6 is 0 Å². The lowest BCUT2D eigenvalue weighted by Crippen LogP contribution is -2.28. The molecule has 3 heterocycles. The molecular formula is C12H16N6O2. The molecule has 20 heavy (non-hydrogen) atoms. The first-order valence-corrected chi connectivity index (χ1v) is 6.64. The highest BCUT2D eigenvalue weighted by Gasteiger charge is 2.24. The number of amides is 1. The van der Waals surface area contributed by atoms with Crippen LogP contribution < -0.4 is 10.6 Å². The molecular weight excluding hydrogens is 260 g/mol. The minimum Gasteiger partial charge on any atom is -0.347 e. The number of imidazole rings is 1. The number of nitrogens with zero attached hydrogens (tertiary/aromatic N) is 4. The fraction of sp³-hybridized carbons (Fsp3) is 0.500. The first kappa shape index (κ1) is 12.8. The third kappa shape index (κ3) is 2.85. The van der Waals surface area contributed by atoms with Crippen LogP contribution in [0, 0.1) is 0 Å². The highest BCUT2D eigenvalue weighted by Crippen LogP contribution is 2.20. The van der Waals surface area contributed by atoms with Crippen molar-refractivity contribution < 1.29 is 9.32 Å². The van der Waals surface area contributed by atoms with E-state index in [1.54, 1.807) is 12.5 Å². The van der Waals surface area contributed by atoms with Gasteiger partial charge < -0.3 is 19.7 Å². The molecule has 0 radical (unpaired) electrons. The van der Waals surface area contributed by atoms with Crippen LogP contribution in [0.5, 0.6) is 0 Å². The Labute approximate surface area is 115 Å². The Hall–Kier alpha value is -2.22. The summed E-state index contributed by atoms with van der Waals surface area (Å²) in [7, 11) is 0. The maximum absolute atomic E-state index is 11.9. The van der Waals surface area contributed by atoms with E-state index in [1.165, 1.54) is 0 Å². The van der Waals surface area contributed by atoms with Crippen molar-refractivity contribution in [3.05, 3.63) is 30.4 Å². The van der Waals surface area contributed by atoms with E-state index in [4.69, 9.17) is 4.52 Å². The van der Waals surface area contributed by atoms with E-state index in [-0.39, 0.29) is 17.8 Å². The van der Waals surface area contributed by atoms with Crippen LogP contribution in [0.2, 0.25) is 0 Å². The van der Waals surface area contributed by atoms with Gasteiger partial charge >= 0.3 is 0 Å². The Morgan fingerprint density at radius 1 is 1.60 bits per heavy atom. The van der Waals surface area contributed by atoms with E-state index in [0.29, 0.717) is 19.0 Å². The molecule has 1 amide bonds. The largest absolute Gasteiger partial charge is 0.347 e. The first-order chi connectivity index (χ1) is 9.83. The molecule has 8 nitrogen and oxygen atoms in total. The lowest BCUT2D eigenvalue weighted by molar-refractivity contribution is 0.0939. The van der Waals surface area contributed by atoms with Crippen LogP contribution in [-0.2, 0) is 6.54 Å². The molecule has 0 saturated carbocycles. The third-order valence-electron chi connectivity index (χ3n) is 3.22. The lowest BCUT2D eigenvalue weighted by atomic mass is 10.2. The van der Waals surface area contributed by atoms with Crippen LogP contribution in [0.15, 0.2) is 23.2 Å². The van der Waals surface area contributed by atoms with Crippen molar-refractivity contribution in [1.82, 2.24) is 30.3 Å². The zero-order valence-electron chi connectivity index (χ0n) is 11.0. The van der Waals surface area contributed by atoms with Gasteiger partial charge in [-0.05, 0) is 19.4 Å². The normalized spacial score (nSPS) is 18.3. The summed E-state index contributed by atoms with van der Waals surface area (Å²) >= 11 is 0. The average Bonchev–Trinajstić information content (AvgIpc) is 3.20. The summed E-state index contributed by atoms with van der Waals surface area (Å²) in [5.41, 5.74) is 0. The summed E-state index contributed by atoms with van der Waals surface area (Å²) < 4.78 is 7.00.